The van der Waals surface area contributed by atoms with Gasteiger partial charge < -0.3 is 9.90 Å². The zero-order chi connectivity index (χ0) is 8.32. The van der Waals surface area contributed by atoms with Crippen molar-refractivity contribution in [3.8, 4) is 6.07 Å². The van der Waals surface area contributed by atoms with Crippen molar-refractivity contribution < 1.29 is 61.3 Å². The molecule has 60 valence electrons. The van der Waals surface area contributed by atoms with Crippen LogP contribution >= 0.6 is 0 Å². The van der Waals surface area contributed by atoms with Crippen molar-refractivity contribution in [3.63, 3.8) is 0 Å². The fourth-order valence-electron chi connectivity index (χ4n) is 1.52. The smallest absolute Gasteiger partial charge is 0.548 e. The van der Waals surface area contributed by atoms with E-state index in [1.54, 1.807) is 0 Å². The van der Waals surface area contributed by atoms with Gasteiger partial charge in [-0.1, -0.05) is 19.3 Å². The predicted molar refractivity (Wildman–Crippen MR) is 36.1 cm³/mol. The summed E-state index contributed by atoms with van der Waals surface area (Å²) in [4.78, 5) is 10.6. The fourth-order valence-corrected chi connectivity index (χ4v) is 1.52. The quantitative estimate of drug-likeness (QED) is 0.421. The molecule has 1 fully saturated rings. The van der Waals surface area contributed by atoms with E-state index < -0.39 is 11.4 Å². The third-order valence-corrected chi connectivity index (χ3v) is 2.31. The van der Waals surface area contributed by atoms with Crippen molar-refractivity contribution in [3.05, 3.63) is 0 Å². The molecule has 0 radical (unpaired) electrons. The van der Waals surface area contributed by atoms with Crippen LogP contribution in [0.5, 0.6) is 0 Å². The Labute approximate surface area is 115 Å². The summed E-state index contributed by atoms with van der Waals surface area (Å²) in [6, 6.07) is 1.85. The molecule has 0 bridgehead atoms. The summed E-state index contributed by atoms with van der Waals surface area (Å²) in [5.41, 5.74) is -1.17. The van der Waals surface area contributed by atoms with E-state index in [-0.39, 0.29) is 51.4 Å². The third kappa shape index (κ3) is 2.54. The number of nitriles is 1. The van der Waals surface area contributed by atoms with E-state index in [1.165, 1.54) is 0 Å². The molecule has 0 N–H and O–H groups in total. The van der Waals surface area contributed by atoms with Gasteiger partial charge in [0.05, 0.1) is 17.5 Å². The van der Waals surface area contributed by atoms with E-state index >= 15 is 0 Å². The van der Waals surface area contributed by atoms with E-state index in [1.807, 2.05) is 6.07 Å². The van der Waals surface area contributed by atoms with Gasteiger partial charge in [-0.3, -0.25) is 0 Å². The molecule has 1 aliphatic rings. The van der Waals surface area contributed by atoms with Crippen molar-refractivity contribution in [2.24, 2.45) is 5.41 Å². The molecule has 0 aromatic heterocycles. The predicted octanol–water partition coefficient (Wildman–Crippen LogP) is -2.79. The Balaban J connectivity index is 0.00000121. The Kier molecular flexibility index (Phi) is 5.62. The zero-order valence-electron chi connectivity index (χ0n) is 7.30. The minimum atomic E-state index is -1.19. The van der Waals surface area contributed by atoms with Crippen LogP contribution in [0, 0.1) is 16.7 Å². The maximum absolute atomic E-state index is 10.6. The number of carboxylic acids is 1. The SMILES string of the molecule is N#CC1(C(=O)[O-])CCCCC1.[K+]. The summed E-state index contributed by atoms with van der Waals surface area (Å²) in [6.07, 6.45) is 3.64. The summed E-state index contributed by atoms with van der Waals surface area (Å²) in [5.74, 6) is -1.19. The Morgan fingerprint density at radius 2 is 1.83 bits per heavy atom. The number of aliphatic carboxylic acids is 1. The van der Waals surface area contributed by atoms with Crippen LogP contribution in [0.3, 0.4) is 0 Å². The van der Waals surface area contributed by atoms with Crippen LogP contribution in [0.1, 0.15) is 32.1 Å². The summed E-state index contributed by atoms with van der Waals surface area (Å²) < 4.78 is 0. The minimum Gasteiger partial charge on any atom is -0.548 e. The van der Waals surface area contributed by atoms with Crippen LogP contribution in [0.15, 0.2) is 0 Å². The molecule has 0 saturated heterocycles. The average Bonchev–Trinajstić information content (AvgIpc) is 2.05. The zero-order valence-corrected chi connectivity index (χ0v) is 10.4. The molecule has 1 aliphatic carbocycles. The molecule has 0 aromatic rings. The maximum Gasteiger partial charge on any atom is 1.00 e. The van der Waals surface area contributed by atoms with Crippen molar-refractivity contribution in [1.29, 1.82) is 5.26 Å². The van der Waals surface area contributed by atoms with E-state index in [9.17, 15) is 9.90 Å². The van der Waals surface area contributed by atoms with Crippen LogP contribution in [0.4, 0.5) is 0 Å². The number of hydrogen-bond donors (Lipinski definition) is 0. The second-order valence-electron chi connectivity index (χ2n) is 3.04. The van der Waals surface area contributed by atoms with Crippen molar-refractivity contribution in [2.45, 2.75) is 32.1 Å². The first kappa shape index (κ1) is 12.6. The van der Waals surface area contributed by atoms with Crippen molar-refractivity contribution in [2.75, 3.05) is 0 Å². The molecule has 0 atom stereocenters. The van der Waals surface area contributed by atoms with Gasteiger partial charge in [-0.2, -0.15) is 5.26 Å². The molecule has 0 unspecified atom stereocenters. The number of carboxylic acid groups (broad SMARTS) is 1. The number of hydrogen-bond acceptors (Lipinski definition) is 3. The molecule has 0 heterocycles. The Morgan fingerprint density at radius 3 is 2.08 bits per heavy atom. The first-order chi connectivity index (χ1) is 5.21. The molecule has 4 heteroatoms. The molecule has 1 rings (SSSR count). The normalized spacial score (nSPS) is 20.2. The number of rotatable bonds is 1. The topological polar surface area (TPSA) is 63.9 Å². The summed E-state index contributed by atoms with van der Waals surface area (Å²) in [6.45, 7) is 0. The van der Waals surface area contributed by atoms with E-state index in [4.69, 9.17) is 5.26 Å². The minimum absolute atomic E-state index is 0. The van der Waals surface area contributed by atoms with Gasteiger partial charge in [-0.05, 0) is 12.8 Å². The summed E-state index contributed by atoms with van der Waals surface area (Å²) in [5, 5.41) is 19.2. The first-order valence-electron chi connectivity index (χ1n) is 3.84. The second kappa shape index (κ2) is 5.35. The maximum atomic E-state index is 10.6. The monoisotopic (exact) mass is 191 g/mol. The molecular formula is C8H10KNO2. The van der Waals surface area contributed by atoms with Gasteiger partial charge in [0.25, 0.3) is 0 Å². The van der Waals surface area contributed by atoms with E-state index in [2.05, 4.69) is 0 Å². The molecule has 3 nitrogen and oxygen atoms in total. The van der Waals surface area contributed by atoms with Crippen LogP contribution in [-0.4, -0.2) is 5.97 Å². The Bertz CT molecular complexity index is 204. The number of nitrogens with zero attached hydrogens (tertiary/aromatic N) is 1. The van der Waals surface area contributed by atoms with Gasteiger partial charge >= 0.3 is 51.4 Å². The number of carbonyl (C=O) groups is 1. The molecule has 0 amide bonds. The molecule has 1 saturated carbocycles. The molecule has 12 heavy (non-hydrogen) atoms. The Morgan fingerprint density at radius 1 is 1.33 bits per heavy atom. The van der Waals surface area contributed by atoms with Gasteiger partial charge in [-0.25, -0.2) is 0 Å². The van der Waals surface area contributed by atoms with Gasteiger partial charge in [0, 0.05) is 0 Å². The third-order valence-electron chi connectivity index (χ3n) is 2.31. The van der Waals surface area contributed by atoms with Crippen molar-refractivity contribution >= 4 is 5.97 Å². The molecule has 0 spiro atoms. The van der Waals surface area contributed by atoms with Gasteiger partial charge in [0.2, 0.25) is 0 Å². The first-order valence-corrected chi connectivity index (χ1v) is 3.84. The van der Waals surface area contributed by atoms with Crippen LogP contribution in [0.2, 0.25) is 0 Å². The summed E-state index contributed by atoms with van der Waals surface area (Å²) >= 11 is 0. The largest absolute Gasteiger partial charge is 1.00 e. The Hall–Kier alpha value is 0.596. The van der Waals surface area contributed by atoms with Gasteiger partial charge in [0.15, 0.2) is 0 Å². The van der Waals surface area contributed by atoms with Gasteiger partial charge in [0.1, 0.15) is 0 Å². The molecular weight excluding hydrogens is 181 g/mol. The standard InChI is InChI=1S/C8H11NO2.K/c9-6-8(7(10)11)4-2-1-3-5-8;/h1-5H2,(H,10,11);/q;+1/p-1. The van der Waals surface area contributed by atoms with E-state index in [0.717, 1.165) is 19.3 Å². The molecule has 0 aromatic carbocycles. The average molecular weight is 191 g/mol. The number of carbonyl (C=O) groups excluding carboxylic acids is 1. The van der Waals surface area contributed by atoms with Crippen molar-refractivity contribution in [1.82, 2.24) is 0 Å². The van der Waals surface area contributed by atoms with Crippen LogP contribution < -0.4 is 56.5 Å². The summed E-state index contributed by atoms with van der Waals surface area (Å²) in [7, 11) is 0. The van der Waals surface area contributed by atoms with Crippen LogP contribution in [-0.2, 0) is 4.79 Å². The molecule has 0 aliphatic heterocycles. The van der Waals surface area contributed by atoms with Crippen LogP contribution in [0.25, 0.3) is 0 Å². The second-order valence-corrected chi connectivity index (χ2v) is 3.04. The van der Waals surface area contributed by atoms with E-state index in [0.29, 0.717) is 12.8 Å². The fraction of sp³-hybridized carbons (Fsp3) is 0.750. The van der Waals surface area contributed by atoms with Gasteiger partial charge in [-0.15, -0.1) is 0 Å².